The molecule has 1 amide bonds. The predicted octanol–water partition coefficient (Wildman–Crippen LogP) is 2.89. The second kappa shape index (κ2) is 10.5. The molecule has 9 heteroatoms. The second-order valence-electron chi connectivity index (χ2n) is 7.47. The highest BCUT2D eigenvalue weighted by Crippen LogP contribution is 2.19. The molecule has 0 saturated heterocycles. The number of hydrogen-bond donors (Lipinski definition) is 1. The molecule has 0 heterocycles. The Bertz CT molecular complexity index is 1010. The van der Waals surface area contributed by atoms with Crippen molar-refractivity contribution in [2.45, 2.75) is 37.8 Å². The van der Waals surface area contributed by atoms with Crippen LogP contribution in [0.1, 0.15) is 32.4 Å². The number of ether oxygens (including phenoxy) is 1. The molecule has 1 N–H and O–H groups in total. The van der Waals surface area contributed by atoms with E-state index in [-0.39, 0.29) is 6.04 Å². The Kier molecular flexibility index (Phi) is 8.29. The maximum Gasteiger partial charge on any atom is 0.324 e. The van der Waals surface area contributed by atoms with Crippen LogP contribution in [0.3, 0.4) is 0 Å². The van der Waals surface area contributed by atoms with Gasteiger partial charge in [0.25, 0.3) is 5.91 Å². The molecule has 2 aromatic carbocycles. The largest absolute Gasteiger partial charge is 0.454 e. The number of nitrogens with one attached hydrogen (secondary N) is 1. The molecule has 0 aliphatic heterocycles. The fraction of sp³-hybridized carbons (Fsp3) is 0.364. The molecule has 0 aliphatic carbocycles. The van der Waals surface area contributed by atoms with Crippen LogP contribution in [0.4, 0.5) is 4.39 Å². The van der Waals surface area contributed by atoms with Gasteiger partial charge in [-0.05, 0) is 30.5 Å². The number of esters is 1. The zero-order valence-electron chi connectivity index (χ0n) is 17.9. The lowest BCUT2D eigenvalue weighted by Gasteiger charge is -2.26. The molecule has 0 saturated carbocycles. The number of carbonyl (C=O) groups excluding carboxylic acids is 2. The molecule has 2 atom stereocenters. The molecule has 2 aromatic rings. The Morgan fingerprint density at radius 1 is 1.03 bits per heavy atom. The van der Waals surface area contributed by atoms with Gasteiger partial charge in [-0.1, -0.05) is 56.3 Å². The third-order valence-corrected chi connectivity index (χ3v) is 6.40. The van der Waals surface area contributed by atoms with E-state index in [0.717, 1.165) is 17.7 Å². The first-order valence-corrected chi connectivity index (χ1v) is 11.3. The highest BCUT2D eigenvalue weighted by molar-refractivity contribution is 7.89. The van der Waals surface area contributed by atoms with Crippen LogP contribution in [-0.2, 0) is 24.3 Å². The fourth-order valence-electron chi connectivity index (χ4n) is 2.85. The van der Waals surface area contributed by atoms with Crippen LogP contribution in [0, 0.1) is 11.7 Å². The topological polar surface area (TPSA) is 92.8 Å². The minimum atomic E-state index is -4.31. The van der Waals surface area contributed by atoms with Crippen molar-refractivity contribution < 1.29 is 27.1 Å². The van der Waals surface area contributed by atoms with Crippen molar-refractivity contribution >= 4 is 21.9 Å². The molecule has 2 rings (SSSR count). The van der Waals surface area contributed by atoms with Crippen molar-refractivity contribution in [1.82, 2.24) is 9.62 Å². The third-order valence-electron chi connectivity index (χ3n) is 4.92. The van der Waals surface area contributed by atoms with Crippen LogP contribution in [0.15, 0.2) is 59.5 Å². The summed E-state index contributed by atoms with van der Waals surface area (Å²) < 4.78 is 46.3. The molecule has 0 radical (unpaired) electrons. The molecule has 0 aromatic heterocycles. The summed E-state index contributed by atoms with van der Waals surface area (Å²) in [6.45, 7) is 4.52. The lowest BCUT2D eigenvalue weighted by Crippen LogP contribution is -2.46. The summed E-state index contributed by atoms with van der Waals surface area (Å²) in [4.78, 5) is 25.9. The molecule has 168 valence electrons. The molecule has 0 aliphatic rings. The van der Waals surface area contributed by atoms with E-state index in [0.29, 0.717) is 0 Å². The average molecular weight is 451 g/mol. The van der Waals surface area contributed by atoms with E-state index in [1.54, 1.807) is 20.9 Å². The molecule has 1 unspecified atom stereocenters. The third kappa shape index (κ3) is 6.35. The van der Waals surface area contributed by atoms with Gasteiger partial charge in [-0.25, -0.2) is 12.8 Å². The number of nitrogens with zero attached hydrogens (tertiary/aromatic N) is 1. The van der Waals surface area contributed by atoms with Crippen molar-refractivity contribution in [1.29, 1.82) is 0 Å². The number of rotatable bonds is 9. The number of carbonyl (C=O) groups is 2. The highest BCUT2D eigenvalue weighted by atomic mass is 32.2. The standard InChI is InChI=1S/C22H27FN2O5S/c1-15(2)21(24-31(28,29)19-13-9-8-12-18(19)23)22(27)30-14-20(26)25(4)16(3)17-10-6-5-7-11-17/h5-13,15-16,21,24H,14H2,1-4H3/t16?,21-/m0/s1. The molecule has 7 nitrogen and oxygen atoms in total. The lowest BCUT2D eigenvalue weighted by molar-refractivity contribution is -0.154. The highest BCUT2D eigenvalue weighted by Gasteiger charge is 2.31. The van der Waals surface area contributed by atoms with Gasteiger partial charge in [-0.15, -0.1) is 0 Å². The summed E-state index contributed by atoms with van der Waals surface area (Å²) in [5.74, 6) is -2.78. The minimum Gasteiger partial charge on any atom is -0.454 e. The van der Waals surface area contributed by atoms with Crippen molar-refractivity contribution in [2.24, 2.45) is 5.92 Å². The van der Waals surface area contributed by atoms with Crippen molar-refractivity contribution in [2.75, 3.05) is 13.7 Å². The zero-order chi connectivity index (χ0) is 23.2. The smallest absolute Gasteiger partial charge is 0.324 e. The van der Waals surface area contributed by atoms with Crippen LogP contribution < -0.4 is 4.72 Å². The van der Waals surface area contributed by atoms with Crippen molar-refractivity contribution in [3.05, 3.63) is 66.0 Å². The Labute approximate surface area is 182 Å². The zero-order valence-corrected chi connectivity index (χ0v) is 18.7. The van der Waals surface area contributed by atoms with Crippen LogP contribution in [-0.4, -0.2) is 44.9 Å². The van der Waals surface area contributed by atoms with Gasteiger partial charge in [0.2, 0.25) is 10.0 Å². The molecule has 0 fully saturated rings. The van der Waals surface area contributed by atoms with Crippen molar-refractivity contribution in [3.63, 3.8) is 0 Å². The SMILES string of the molecule is CC(C)[C@H](NS(=O)(=O)c1ccccc1F)C(=O)OCC(=O)N(C)C(C)c1ccccc1. The first-order chi connectivity index (χ1) is 14.5. The number of halogens is 1. The van der Waals surface area contributed by atoms with E-state index in [9.17, 15) is 22.4 Å². The van der Waals surface area contributed by atoms with Gasteiger partial charge < -0.3 is 9.64 Å². The first kappa shape index (κ1) is 24.5. The van der Waals surface area contributed by atoms with E-state index in [4.69, 9.17) is 4.74 Å². The van der Waals surface area contributed by atoms with Crippen LogP contribution >= 0.6 is 0 Å². The van der Waals surface area contributed by atoms with E-state index < -0.39 is 51.2 Å². The molecule has 0 bridgehead atoms. The maximum atomic E-state index is 13.9. The Balaban J connectivity index is 2.04. The Hall–Kier alpha value is -2.78. The Morgan fingerprint density at radius 3 is 2.19 bits per heavy atom. The average Bonchev–Trinajstić information content (AvgIpc) is 2.75. The summed E-state index contributed by atoms with van der Waals surface area (Å²) in [6, 6.07) is 12.7. The van der Waals surface area contributed by atoms with E-state index in [2.05, 4.69) is 4.72 Å². The summed E-state index contributed by atoms with van der Waals surface area (Å²) in [5.41, 5.74) is 0.919. The van der Waals surface area contributed by atoms with Gasteiger partial charge in [0.1, 0.15) is 16.8 Å². The monoisotopic (exact) mass is 450 g/mol. The van der Waals surface area contributed by atoms with Gasteiger partial charge in [0, 0.05) is 7.05 Å². The molecule has 31 heavy (non-hydrogen) atoms. The van der Waals surface area contributed by atoms with Crippen LogP contribution in [0.25, 0.3) is 0 Å². The van der Waals surface area contributed by atoms with Crippen LogP contribution in [0.5, 0.6) is 0 Å². The lowest BCUT2D eigenvalue weighted by atomic mass is 10.1. The molecule has 0 spiro atoms. The fourth-order valence-corrected chi connectivity index (χ4v) is 4.26. The summed E-state index contributed by atoms with van der Waals surface area (Å²) in [6.07, 6.45) is 0. The normalized spacial score (nSPS) is 13.5. The van der Waals surface area contributed by atoms with Crippen molar-refractivity contribution in [3.8, 4) is 0 Å². The van der Waals surface area contributed by atoms with Gasteiger partial charge in [-0.2, -0.15) is 4.72 Å². The van der Waals surface area contributed by atoms with Gasteiger partial charge in [-0.3, -0.25) is 9.59 Å². The quantitative estimate of drug-likeness (QED) is 0.593. The minimum absolute atomic E-state index is 0.243. The van der Waals surface area contributed by atoms with Gasteiger partial charge >= 0.3 is 5.97 Å². The first-order valence-electron chi connectivity index (χ1n) is 9.78. The number of amides is 1. The number of hydrogen-bond acceptors (Lipinski definition) is 5. The van der Waals surface area contributed by atoms with E-state index >= 15 is 0 Å². The molecular formula is C22H27FN2O5S. The van der Waals surface area contributed by atoms with Gasteiger partial charge in [0.15, 0.2) is 6.61 Å². The van der Waals surface area contributed by atoms with E-state index in [1.165, 1.54) is 17.0 Å². The van der Waals surface area contributed by atoms with Gasteiger partial charge in [0.05, 0.1) is 6.04 Å². The summed E-state index contributed by atoms with van der Waals surface area (Å²) >= 11 is 0. The summed E-state index contributed by atoms with van der Waals surface area (Å²) in [5, 5.41) is 0. The van der Waals surface area contributed by atoms with Crippen LogP contribution in [0.2, 0.25) is 0 Å². The maximum absolute atomic E-state index is 13.9. The summed E-state index contributed by atoms with van der Waals surface area (Å²) in [7, 11) is -2.71. The van der Waals surface area contributed by atoms with E-state index in [1.807, 2.05) is 37.3 Å². The Morgan fingerprint density at radius 2 is 1.61 bits per heavy atom. The molecular weight excluding hydrogens is 423 g/mol. The number of likely N-dealkylation sites (N-methyl/N-ethyl adjacent to an activating group) is 1. The number of benzene rings is 2. The number of sulfonamides is 1. The predicted molar refractivity (Wildman–Crippen MR) is 114 cm³/mol. The second-order valence-corrected chi connectivity index (χ2v) is 9.15.